The third-order valence-corrected chi connectivity index (χ3v) is 0. The van der Waals surface area contributed by atoms with E-state index in [-0.39, 0.29) is 18.6 Å². The molecule has 0 aliphatic carbocycles. The van der Waals surface area contributed by atoms with Gasteiger partial charge in [0.05, 0.1) is 0 Å². The normalized spacial score (nSPS) is 5.71. The first-order valence-corrected chi connectivity index (χ1v) is 5.53. The van der Waals surface area contributed by atoms with Crippen molar-refractivity contribution in [1.82, 2.24) is 0 Å². The molecule has 0 aliphatic heterocycles. The fraction of sp³-hybridized carbons (Fsp3) is 0. The van der Waals surface area contributed by atoms with Gasteiger partial charge in [-0.15, -0.1) is 0 Å². The molecule has 21 heavy (non-hydrogen) atoms. The zero-order chi connectivity index (χ0) is 17.9. The number of rotatable bonds is 0. The largest absolute Gasteiger partial charge is 5.00 e. The van der Waals surface area contributed by atoms with Gasteiger partial charge in [-0.1, -0.05) is 61.1 Å². The Kier molecular flexibility index (Phi) is 55.2. The van der Waals surface area contributed by atoms with E-state index in [4.69, 9.17) is 25.5 Å². The van der Waals surface area contributed by atoms with E-state index in [1.165, 1.54) is 0 Å². The van der Waals surface area contributed by atoms with Crippen molar-refractivity contribution in [2.45, 2.75) is 0 Å². The van der Waals surface area contributed by atoms with Crippen LogP contribution in [0.4, 0.5) is 0 Å². The predicted octanol–water partition coefficient (Wildman–Crippen LogP) is -7.05. The number of thiocarbonyl (C=S) groups is 5. The third kappa shape index (κ3) is 5920. The van der Waals surface area contributed by atoms with Crippen LogP contribution in [0.3, 0.4) is 0 Å². The smallest absolute Gasteiger partial charge is 0.852 e. The van der Waals surface area contributed by atoms with Crippen molar-refractivity contribution < 1.29 is 44.1 Å². The average Bonchev–Trinajstić information content (AvgIpc) is 1.94. The Morgan fingerprint density at radius 1 is 0.429 bits per heavy atom. The van der Waals surface area contributed by atoms with Crippen molar-refractivity contribution >= 4 is 87.0 Å². The first-order valence-electron chi connectivity index (χ1n) is 3.48. The van der Waals surface area contributed by atoms with Gasteiger partial charge >= 0.3 is 18.6 Å². The Bertz CT molecular complexity index is 231. The Morgan fingerprint density at radius 3 is 0.429 bits per heavy atom. The van der Waals surface area contributed by atoms with E-state index in [0.717, 1.165) is 0 Å². The topological polar surface area (TPSA) is 245 Å². The van der Waals surface area contributed by atoms with Crippen molar-refractivity contribution in [3.05, 3.63) is 0 Å². The fourth-order valence-electron chi connectivity index (χ4n) is 0. The molecule has 0 aliphatic rings. The maximum Gasteiger partial charge on any atom is 5.00 e. The molecule has 0 bridgehead atoms. The summed E-state index contributed by atoms with van der Waals surface area (Å²) in [7, 11) is 0. The molecule has 0 atom stereocenters. The molecule has 0 amide bonds. The summed E-state index contributed by atoms with van der Waals surface area (Å²) in [5.41, 5.74) is 21.4. The van der Waals surface area contributed by atoms with Gasteiger partial charge < -0.3 is 54.2 Å². The van der Waals surface area contributed by atoms with Crippen molar-refractivity contribution in [2.75, 3.05) is 0 Å². The summed E-state index contributed by atoms with van der Waals surface area (Å²) in [5.74, 6) is 0. The molecule has 0 aromatic rings. The molecule has 10 nitrogen and oxygen atoms in total. The zero-order valence-electron chi connectivity index (χ0n) is 9.92. The molecule has 0 saturated heterocycles. The van der Waals surface area contributed by atoms with Crippen molar-refractivity contribution in [1.29, 1.82) is 0 Å². The summed E-state index contributed by atoms with van der Waals surface area (Å²) in [4.78, 5) is 0. The summed E-state index contributed by atoms with van der Waals surface area (Å²) in [6.07, 6.45) is 0. The van der Waals surface area contributed by atoms with Gasteiger partial charge in [-0.2, -0.15) is 0 Å². The second-order valence-corrected chi connectivity index (χ2v) is 3.61. The average molecular weight is 431 g/mol. The molecule has 0 rings (SSSR count). The molecule has 0 spiro atoms. The maximum absolute atomic E-state index is 9.04. The van der Waals surface area contributed by atoms with Crippen LogP contribution in [0.25, 0.3) is 0 Å². The van der Waals surface area contributed by atoms with Crippen molar-refractivity contribution in [3.63, 3.8) is 0 Å². The first-order chi connectivity index (χ1) is 8.66. The molecular weight excluding hydrogens is 421 g/mol. The van der Waals surface area contributed by atoms with E-state index in [1.54, 1.807) is 0 Å². The monoisotopic (exact) mass is 431 g/mol. The first kappa shape index (κ1) is 36.9. The number of hydrogen-bond acceptors (Lipinski definition) is 10. The van der Waals surface area contributed by atoms with E-state index >= 15 is 0 Å². The molecule has 0 aromatic heterocycles. The summed E-state index contributed by atoms with van der Waals surface area (Å²) >= 11 is 18.8. The van der Waals surface area contributed by atoms with Crippen molar-refractivity contribution in [2.24, 2.45) is 28.7 Å². The van der Waals surface area contributed by atoms with Crippen LogP contribution in [0.15, 0.2) is 0 Å². The van der Waals surface area contributed by atoms with Crippen LogP contribution in [0.1, 0.15) is 0 Å². The van der Waals surface area contributed by atoms with Gasteiger partial charge in [0.1, 0.15) is 0 Å². The Morgan fingerprint density at radius 2 is 0.429 bits per heavy atom. The van der Waals surface area contributed by atoms with Crippen LogP contribution in [0, 0.1) is 0 Å². The minimum Gasteiger partial charge on any atom is -0.852 e. The van der Waals surface area contributed by atoms with Gasteiger partial charge in [0.25, 0.3) is 0 Å². The molecule has 0 fully saturated rings. The summed E-state index contributed by atoms with van der Waals surface area (Å²) < 4.78 is 0. The number of hydrogen-bond donors (Lipinski definition) is 5. The van der Waals surface area contributed by atoms with Crippen LogP contribution in [-0.4, -0.2) is 25.9 Å². The molecule has 0 radical (unpaired) electrons. The molecule has 16 heteroatoms. The molecule has 120 valence electrons. The van der Waals surface area contributed by atoms with Gasteiger partial charge in [0.2, 0.25) is 0 Å². The molecule has 0 heterocycles. The van der Waals surface area contributed by atoms with Crippen LogP contribution >= 0.6 is 61.1 Å². The second kappa shape index (κ2) is 31.4. The van der Waals surface area contributed by atoms with Crippen LogP contribution in [0.2, 0.25) is 0 Å². The van der Waals surface area contributed by atoms with Crippen LogP contribution in [0.5, 0.6) is 0 Å². The Hall–Kier alpha value is -0.966. The second-order valence-electron chi connectivity index (χ2n) is 1.60. The van der Waals surface area contributed by atoms with Crippen LogP contribution in [-0.2, 0) is 18.6 Å². The molecule has 10 N–H and O–H groups in total. The molecular formula is C5H10N5O5S5V. The standard InChI is InChI=1S/5CH3NOS.V/c5*2-1(3)4;/h5*(H3,2,3,4);/q;;;;;+5/p-5. The number of nitrogens with two attached hydrogens (primary N) is 5. The third-order valence-electron chi connectivity index (χ3n) is 0. The minimum absolute atomic E-state index is 0. The summed E-state index contributed by atoms with van der Waals surface area (Å²) in [5, 5.41) is 41.4. The van der Waals surface area contributed by atoms with Gasteiger partial charge in [-0.3, -0.25) is 0 Å². The van der Waals surface area contributed by atoms with Gasteiger partial charge in [-0.25, -0.2) is 0 Å². The molecule has 0 unspecified atom stereocenters. The zero-order valence-corrected chi connectivity index (χ0v) is 15.4. The predicted molar refractivity (Wildman–Crippen MR) is 83.9 cm³/mol. The Balaban J connectivity index is -0.0000000331. The molecule has 0 aromatic carbocycles. The molecule has 0 saturated carbocycles. The van der Waals surface area contributed by atoms with E-state index in [2.05, 4.69) is 89.8 Å². The summed E-state index contributed by atoms with van der Waals surface area (Å²) in [6, 6.07) is 0. The SMILES string of the molecule is NC([O-])=S.NC([O-])=S.NC([O-])=S.NC([O-])=S.NC([O-])=S.[V+5]. The van der Waals surface area contributed by atoms with E-state index in [9.17, 15) is 0 Å². The van der Waals surface area contributed by atoms with Crippen molar-refractivity contribution in [3.8, 4) is 0 Å². The van der Waals surface area contributed by atoms with E-state index in [1.807, 2.05) is 0 Å². The van der Waals surface area contributed by atoms with Gasteiger partial charge in [0, 0.05) is 25.9 Å². The fourth-order valence-corrected chi connectivity index (χ4v) is 0. The summed E-state index contributed by atoms with van der Waals surface area (Å²) in [6.45, 7) is 0. The van der Waals surface area contributed by atoms with E-state index in [0.29, 0.717) is 0 Å². The minimum atomic E-state index is -0.750. The Labute approximate surface area is 159 Å². The quantitative estimate of drug-likeness (QED) is 0.223. The maximum atomic E-state index is 9.04. The van der Waals surface area contributed by atoms with Crippen LogP contribution < -0.4 is 54.2 Å². The van der Waals surface area contributed by atoms with Gasteiger partial charge in [0.15, 0.2) is 0 Å². The van der Waals surface area contributed by atoms with Gasteiger partial charge in [-0.05, 0) is 0 Å². The van der Waals surface area contributed by atoms with E-state index < -0.39 is 25.9 Å².